The van der Waals surface area contributed by atoms with Gasteiger partial charge in [-0.3, -0.25) is 9.58 Å². The predicted molar refractivity (Wildman–Crippen MR) is 92.6 cm³/mol. The molecule has 2 aromatic carbocycles. The molecule has 118 valence electrons. The fourth-order valence-corrected chi connectivity index (χ4v) is 3.26. The normalized spacial score (nSPS) is 15.8. The van der Waals surface area contributed by atoms with Gasteiger partial charge in [0.2, 0.25) is 0 Å². The van der Waals surface area contributed by atoms with Gasteiger partial charge in [0.15, 0.2) is 6.19 Å². The summed E-state index contributed by atoms with van der Waals surface area (Å²) in [6.07, 6.45) is 5.83. The van der Waals surface area contributed by atoms with Crippen molar-refractivity contribution in [2.24, 2.45) is 7.05 Å². The largest absolute Gasteiger partial charge is 0.358 e. The lowest BCUT2D eigenvalue weighted by Crippen LogP contribution is -2.23. The van der Waals surface area contributed by atoms with Gasteiger partial charge >= 0.3 is 0 Å². The number of nitrogens with zero attached hydrogens (tertiary/aromatic N) is 4. The molecule has 0 fully saturated rings. The minimum absolute atomic E-state index is 0.169. The van der Waals surface area contributed by atoms with Gasteiger partial charge in [-0.1, -0.05) is 48.5 Å². The zero-order valence-electron chi connectivity index (χ0n) is 13.3. The molecule has 0 amide bonds. The monoisotopic (exact) mass is 315 g/mol. The van der Waals surface area contributed by atoms with Crippen molar-refractivity contribution in [3.8, 4) is 17.3 Å². The molecular formula is C19H17N5. The standard InChI is InChI=1S/C19H17N5/c1-23-11-15(10-21-23)22-19-17-9-5-8-16(14-6-3-2-4-7-14)18(17)12-24(19)13-20/h2-11,19,22H,12H2,1H3. The van der Waals surface area contributed by atoms with E-state index in [4.69, 9.17) is 0 Å². The molecule has 24 heavy (non-hydrogen) atoms. The van der Waals surface area contributed by atoms with E-state index in [0.29, 0.717) is 6.54 Å². The van der Waals surface area contributed by atoms with E-state index in [1.807, 2.05) is 31.4 Å². The number of anilines is 1. The topological polar surface area (TPSA) is 56.9 Å². The number of aryl methyl sites for hydroxylation is 1. The molecule has 2 heterocycles. The van der Waals surface area contributed by atoms with E-state index in [-0.39, 0.29) is 6.17 Å². The Morgan fingerprint density at radius 3 is 2.71 bits per heavy atom. The highest BCUT2D eigenvalue weighted by atomic mass is 15.3. The molecule has 3 aromatic rings. The van der Waals surface area contributed by atoms with Crippen LogP contribution in [0.1, 0.15) is 17.3 Å². The maximum atomic E-state index is 9.57. The highest BCUT2D eigenvalue weighted by Crippen LogP contribution is 2.39. The predicted octanol–water partition coefficient (Wildman–Crippen LogP) is 3.49. The third-order valence-electron chi connectivity index (χ3n) is 4.37. The lowest BCUT2D eigenvalue weighted by atomic mass is 9.96. The van der Waals surface area contributed by atoms with Crippen molar-refractivity contribution < 1.29 is 0 Å². The number of hydrogen-bond acceptors (Lipinski definition) is 4. The average molecular weight is 315 g/mol. The van der Waals surface area contributed by atoms with Crippen molar-refractivity contribution in [1.82, 2.24) is 14.7 Å². The second-order valence-corrected chi connectivity index (χ2v) is 5.92. The Balaban J connectivity index is 1.76. The molecule has 1 aliphatic heterocycles. The molecule has 1 aromatic heterocycles. The summed E-state index contributed by atoms with van der Waals surface area (Å²) in [7, 11) is 1.88. The molecule has 1 unspecified atom stereocenters. The highest BCUT2D eigenvalue weighted by Gasteiger charge is 2.31. The Bertz CT molecular complexity index is 907. The number of nitrogens with one attached hydrogen (secondary N) is 1. The van der Waals surface area contributed by atoms with E-state index in [1.54, 1.807) is 15.8 Å². The molecule has 0 saturated heterocycles. The van der Waals surface area contributed by atoms with Crippen molar-refractivity contribution in [1.29, 1.82) is 5.26 Å². The van der Waals surface area contributed by atoms with E-state index in [0.717, 1.165) is 11.3 Å². The average Bonchev–Trinajstić information content (AvgIpc) is 3.19. The minimum Gasteiger partial charge on any atom is -0.358 e. The van der Waals surface area contributed by atoms with Crippen LogP contribution in [-0.4, -0.2) is 14.7 Å². The summed E-state index contributed by atoms with van der Waals surface area (Å²) in [6, 6.07) is 16.6. The van der Waals surface area contributed by atoms with Crippen molar-refractivity contribution in [3.05, 3.63) is 72.1 Å². The van der Waals surface area contributed by atoms with Crippen LogP contribution in [-0.2, 0) is 13.6 Å². The maximum Gasteiger partial charge on any atom is 0.181 e. The second kappa shape index (κ2) is 5.74. The molecule has 0 saturated carbocycles. The van der Waals surface area contributed by atoms with Crippen LogP contribution in [0.3, 0.4) is 0 Å². The SMILES string of the molecule is Cn1cc(NC2c3cccc(-c4ccccc4)c3CN2C#N)cn1. The number of aromatic nitrogens is 2. The number of fused-ring (bicyclic) bond motifs is 1. The third kappa shape index (κ3) is 2.38. The van der Waals surface area contributed by atoms with Crippen molar-refractivity contribution >= 4 is 5.69 Å². The number of benzene rings is 2. The van der Waals surface area contributed by atoms with E-state index >= 15 is 0 Å². The van der Waals surface area contributed by atoms with Gasteiger partial charge in [-0.25, -0.2) is 0 Å². The molecule has 5 nitrogen and oxygen atoms in total. The van der Waals surface area contributed by atoms with Gasteiger partial charge in [-0.05, 0) is 16.7 Å². The summed E-state index contributed by atoms with van der Waals surface area (Å²) in [5.41, 5.74) is 5.60. The molecule has 1 N–H and O–H groups in total. The Morgan fingerprint density at radius 1 is 1.17 bits per heavy atom. The van der Waals surface area contributed by atoms with Crippen LogP contribution in [0.4, 0.5) is 5.69 Å². The first-order chi connectivity index (χ1) is 11.8. The molecule has 0 spiro atoms. The van der Waals surface area contributed by atoms with E-state index in [9.17, 15) is 5.26 Å². The molecule has 0 radical (unpaired) electrons. The van der Waals surface area contributed by atoms with Crippen molar-refractivity contribution in [2.75, 3.05) is 5.32 Å². The zero-order chi connectivity index (χ0) is 16.5. The first-order valence-electron chi connectivity index (χ1n) is 7.85. The summed E-state index contributed by atoms with van der Waals surface area (Å²) in [4.78, 5) is 1.77. The summed E-state index contributed by atoms with van der Waals surface area (Å²) in [6.45, 7) is 0.606. The van der Waals surface area contributed by atoms with Crippen LogP contribution in [0, 0.1) is 11.5 Å². The smallest absolute Gasteiger partial charge is 0.181 e. The van der Waals surface area contributed by atoms with Crippen molar-refractivity contribution in [2.45, 2.75) is 12.7 Å². The molecule has 1 aliphatic rings. The Labute approximate surface area is 140 Å². The first-order valence-corrected chi connectivity index (χ1v) is 7.85. The fraction of sp³-hybridized carbons (Fsp3) is 0.158. The summed E-state index contributed by atoms with van der Waals surface area (Å²) >= 11 is 0. The lowest BCUT2D eigenvalue weighted by molar-refractivity contribution is 0.351. The fourth-order valence-electron chi connectivity index (χ4n) is 3.26. The summed E-state index contributed by atoms with van der Waals surface area (Å²) in [5, 5.41) is 17.2. The zero-order valence-corrected chi connectivity index (χ0v) is 13.3. The van der Waals surface area contributed by atoms with Crippen LogP contribution < -0.4 is 5.32 Å². The molecule has 0 bridgehead atoms. The van der Waals surface area contributed by atoms with Gasteiger partial charge in [0, 0.05) is 18.8 Å². The molecule has 4 rings (SSSR count). The Hall–Kier alpha value is -3.26. The van der Waals surface area contributed by atoms with Gasteiger partial charge in [0.1, 0.15) is 6.17 Å². The van der Waals surface area contributed by atoms with E-state index < -0.39 is 0 Å². The highest BCUT2D eigenvalue weighted by molar-refractivity contribution is 5.70. The van der Waals surface area contributed by atoms with Crippen molar-refractivity contribution in [3.63, 3.8) is 0 Å². The van der Waals surface area contributed by atoms with Crippen LogP contribution in [0.15, 0.2) is 60.9 Å². The van der Waals surface area contributed by atoms with Gasteiger partial charge < -0.3 is 5.32 Å². The van der Waals surface area contributed by atoms with Gasteiger partial charge in [0.25, 0.3) is 0 Å². The summed E-state index contributed by atoms with van der Waals surface area (Å²) < 4.78 is 1.75. The molecular weight excluding hydrogens is 298 g/mol. The minimum atomic E-state index is -0.169. The number of rotatable bonds is 3. The summed E-state index contributed by atoms with van der Waals surface area (Å²) in [5.74, 6) is 0. The number of nitriles is 1. The molecule has 5 heteroatoms. The molecule has 1 atom stereocenters. The Morgan fingerprint density at radius 2 is 2.00 bits per heavy atom. The second-order valence-electron chi connectivity index (χ2n) is 5.92. The molecule has 0 aliphatic carbocycles. The van der Waals surface area contributed by atoms with Crippen LogP contribution >= 0.6 is 0 Å². The van der Waals surface area contributed by atoms with Gasteiger partial charge in [0.05, 0.1) is 18.4 Å². The van der Waals surface area contributed by atoms with Crippen LogP contribution in [0.5, 0.6) is 0 Å². The first kappa shape index (κ1) is 14.3. The lowest BCUT2D eigenvalue weighted by Gasteiger charge is -2.20. The van der Waals surface area contributed by atoms with Gasteiger partial charge in [-0.15, -0.1) is 0 Å². The maximum absolute atomic E-state index is 9.57. The number of hydrogen-bond donors (Lipinski definition) is 1. The quantitative estimate of drug-likeness (QED) is 0.752. The van der Waals surface area contributed by atoms with E-state index in [1.165, 1.54) is 16.7 Å². The van der Waals surface area contributed by atoms with E-state index in [2.05, 4.69) is 46.9 Å². The van der Waals surface area contributed by atoms with Crippen LogP contribution in [0.2, 0.25) is 0 Å². The Kier molecular flexibility index (Phi) is 3.43. The third-order valence-corrected chi connectivity index (χ3v) is 4.37. The van der Waals surface area contributed by atoms with Gasteiger partial charge in [-0.2, -0.15) is 10.4 Å². The van der Waals surface area contributed by atoms with Crippen LogP contribution in [0.25, 0.3) is 11.1 Å².